The highest BCUT2D eigenvalue weighted by atomic mass is 16.3. The lowest BCUT2D eigenvalue weighted by Crippen LogP contribution is -2.12. The summed E-state index contributed by atoms with van der Waals surface area (Å²) in [7, 11) is 0. The standard InChI is InChI=1S/C12H15NO/c14-9-12-8-11(6-7-13-12)3-1-2-10-4-5-10/h6-7,10-11,14H,2,4-5,8-9H2. The second-order valence-electron chi connectivity index (χ2n) is 3.97. The van der Waals surface area contributed by atoms with Gasteiger partial charge in [0.25, 0.3) is 0 Å². The SMILES string of the molecule is OCC1=NC=CC(C#CCC2CC2)C1. The summed E-state index contributed by atoms with van der Waals surface area (Å²) in [6.45, 7) is 0.0607. The number of aliphatic imine (C=N–C) groups is 1. The van der Waals surface area contributed by atoms with Gasteiger partial charge in [0, 0.05) is 30.7 Å². The van der Waals surface area contributed by atoms with Crippen molar-refractivity contribution in [1.29, 1.82) is 0 Å². The lowest BCUT2D eigenvalue weighted by molar-refractivity contribution is 0.354. The van der Waals surface area contributed by atoms with Gasteiger partial charge < -0.3 is 5.11 Å². The molecule has 0 bridgehead atoms. The summed E-state index contributed by atoms with van der Waals surface area (Å²) in [6.07, 6.45) is 8.34. The predicted octanol–water partition coefficient (Wildman–Crippen LogP) is 1.76. The monoisotopic (exact) mass is 189 g/mol. The van der Waals surface area contributed by atoms with Crippen molar-refractivity contribution in [3.05, 3.63) is 12.3 Å². The number of aliphatic hydroxyl groups is 1. The zero-order valence-corrected chi connectivity index (χ0v) is 8.24. The minimum atomic E-state index is 0.0607. The fourth-order valence-corrected chi connectivity index (χ4v) is 1.49. The van der Waals surface area contributed by atoms with Crippen molar-refractivity contribution in [2.75, 3.05) is 6.61 Å². The minimum Gasteiger partial charge on any atom is -0.390 e. The first-order valence-electron chi connectivity index (χ1n) is 5.20. The molecule has 1 aliphatic heterocycles. The van der Waals surface area contributed by atoms with Crippen molar-refractivity contribution in [2.45, 2.75) is 25.7 Å². The molecule has 14 heavy (non-hydrogen) atoms. The summed E-state index contributed by atoms with van der Waals surface area (Å²) in [6, 6.07) is 0. The van der Waals surface area contributed by atoms with Crippen LogP contribution in [-0.4, -0.2) is 17.4 Å². The van der Waals surface area contributed by atoms with E-state index in [1.165, 1.54) is 12.8 Å². The van der Waals surface area contributed by atoms with Crippen LogP contribution in [0.25, 0.3) is 0 Å². The van der Waals surface area contributed by atoms with Crippen LogP contribution in [-0.2, 0) is 0 Å². The Morgan fingerprint density at radius 3 is 3.07 bits per heavy atom. The van der Waals surface area contributed by atoms with E-state index < -0.39 is 0 Å². The maximum Gasteiger partial charge on any atom is 0.0814 e. The number of nitrogens with zero attached hydrogens (tertiary/aromatic N) is 1. The molecule has 1 N–H and O–H groups in total. The molecule has 2 heteroatoms. The van der Waals surface area contributed by atoms with Gasteiger partial charge in [0.1, 0.15) is 0 Å². The first kappa shape index (κ1) is 9.48. The van der Waals surface area contributed by atoms with Gasteiger partial charge in [-0.3, -0.25) is 4.99 Å². The van der Waals surface area contributed by atoms with Gasteiger partial charge in [0.2, 0.25) is 0 Å². The van der Waals surface area contributed by atoms with Gasteiger partial charge in [-0.1, -0.05) is 12.0 Å². The Balaban J connectivity index is 1.83. The van der Waals surface area contributed by atoms with E-state index >= 15 is 0 Å². The van der Waals surface area contributed by atoms with Crippen molar-refractivity contribution >= 4 is 5.71 Å². The Morgan fingerprint density at radius 1 is 1.50 bits per heavy atom. The first-order chi connectivity index (χ1) is 6.88. The van der Waals surface area contributed by atoms with Crippen LogP contribution in [0.3, 0.4) is 0 Å². The Labute approximate surface area is 84.7 Å². The molecule has 1 unspecified atom stereocenters. The summed E-state index contributed by atoms with van der Waals surface area (Å²) in [5, 5.41) is 8.92. The van der Waals surface area contributed by atoms with Crippen LogP contribution in [0.1, 0.15) is 25.7 Å². The molecule has 2 nitrogen and oxygen atoms in total. The lowest BCUT2D eigenvalue weighted by Gasteiger charge is -2.09. The molecule has 1 fully saturated rings. The van der Waals surface area contributed by atoms with E-state index in [0.29, 0.717) is 0 Å². The maximum atomic E-state index is 8.92. The summed E-state index contributed by atoms with van der Waals surface area (Å²) in [5.74, 6) is 7.60. The summed E-state index contributed by atoms with van der Waals surface area (Å²) in [4.78, 5) is 4.07. The fraction of sp³-hybridized carbons (Fsp3) is 0.583. The normalized spacial score (nSPS) is 25.2. The van der Waals surface area contributed by atoms with Crippen molar-refractivity contribution in [1.82, 2.24) is 0 Å². The van der Waals surface area contributed by atoms with Crippen molar-refractivity contribution in [3.8, 4) is 11.8 Å². The second kappa shape index (κ2) is 4.43. The lowest BCUT2D eigenvalue weighted by atomic mass is 10.0. The van der Waals surface area contributed by atoms with Gasteiger partial charge in [-0.15, -0.1) is 5.92 Å². The van der Waals surface area contributed by atoms with Crippen molar-refractivity contribution in [2.24, 2.45) is 16.8 Å². The van der Waals surface area contributed by atoms with E-state index in [0.717, 1.165) is 24.5 Å². The second-order valence-corrected chi connectivity index (χ2v) is 3.97. The molecule has 0 saturated heterocycles. The van der Waals surface area contributed by atoms with Gasteiger partial charge in [-0.05, 0) is 18.8 Å². The van der Waals surface area contributed by atoms with Gasteiger partial charge in [-0.25, -0.2) is 0 Å². The molecular formula is C12H15NO. The molecule has 2 rings (SSSR count). The highest BCUT2D eigenvalue weighted by Crippen LogP contribution is 2.31. The third-order valence-corrected chi connectivity index (χ3v) is 2.59. The van der Waals surface area contributed by atoms with Crippen LogP contribution in [0.4, 0.5) is 0 Å². The topological polar surface area (TPSA) is 32.6 Å². The van der Waals surface area contributed by atoms with Gasteiger partial charge in [0.15, 0.2) is 0 Å². The molecule has 1 aliphatic carbocycles. The Kier molecular flexibility index (Phi) is 3.00. The van der Waals surface area contributed by atoms with E-state index in [4.69, 9.17) is 5.11 Å². The highest BCUT2D eigenvalue weighted by molar-refractivity contribution is 5.87. The minimum absolute atomic E-state index is 0.0607. The third-order valence-electron chi connectivity index (χ3n) is 2.59. The summed E-state index contributed by atoms with van der Waals surface area (Å²) < 4.78 is 0. The molecule has 74 valence electrons. The molecule has 0 radical (unpaired) electrons. The Bertz CT molecular complexity index is 315. The molecule has 1 atom stereocenters. The molecule has 0 spiro atoms. The maximum absolute atomic E-state index is 8.92. The average molecular weight is 189 g/mol. The zero-order chi connectivity index (χ0) is 9.80. The largest absolute Gasteiger partial charge is 0.390 e. The molecule has 0 aromatic carbocycles. The predicted molar refractivity (Wildman–Crippen MR) is 56.9 cm³/mol. The smallest absolute Gasteiger partial charge is 0.0814 e. The van der Waals surface area contributed by atoms with E-state index in [2.05, 4.69) is 16.8 Å². The zero-order valence-electron chi connectivity index (χ0n) is 8.24. The molecule has 0 aromatic heterocycles. The molecular weight excluding hydrogens is 174 g/mol. The number of hydrogen-bond acceptors (Lipinski definition) is 2. The van der Waals surface area contributed by atoms with E-state index in [1.54, 1.807) is 6.20 Å². The Morgan fingerprint density at radius 2 is 2.36 bits per heavy atom. The molecule has 1 heterocycles. The fourth-order valence-electron chi connectivity index (χ4n) is 1.49. The highest BCUT2D eigenvalue weighted by Gasteiger charge is 2.19. The van der Waals surface area contributed by atoms with E-state index in [-0.39, 0.29) is 12.5 Å². The van der Waals surface area contributed by atoms with Crippen LogP contribution in [0.2, 0.25) is 0 Å². The number of allylic oxidation sites excluding steroid dienone is 1. The average Bonchev–Trinajstić information content (AvgIpc) is 3.02. The van der Waals surface area contributed by atoms with E-state index in [1.807, 2.05) is 6.08 Å². The van der Waals surface area contributed by atoms with Crippen LogP contribution in [0, 0.1) is 23.7 Å². The van der Waals surface area contributed by atoms with Crippen molar-refractivity contribution < 1.29 is 5.11 Å². The van der Waals surface area contributed by atoms with Crippen molar-refractivity contribution in [3.63, 3.8) is 0 Å². The summed E-state index contributed by atoms with van der Waals surface area (Å²) >= 11 is 0. The van der Waals surface area contributed by atoms with E-state index in [9.17, 15) is 0 Å². The number of aliphatic hydroxyl groups excluding tert-OH is 1. The van der Waals surface area contributed by atoms with Crippen LogP contribution in [0.15, 0.2) is 17.3 Å². The third kappa shape index (κ3) is 2.71. The molecule has 0 aromatic rings. The van der Waals surface area contributed by atoms with Gasteiger partial charge in [0.05, 0.1) is 6.61 Å². The van der Waals surface area contributed by atoms with Crippen LogP contribution >= 0.6 is 0 Å². The molecule has 2 aliphatic rings. The Hall–Kier alpha value is -1.07. The van der Waals surface area contributed by atoms with Gasteiger partial charge >= 0.3 is 0 Å². The quantitative estimate of drug-likeness (QED) is 0.659. The molecule has 1 saturated carbocycles. The number of rotatable bonds is 2. The van der Waals surface area contributed by atoms with Crippen LogP contribution in [0.5, 0.6) is 0 Å². The molecule has 0 amide bonds. The van der Waals surface area contributed by atoms with Gasteiger partial charge in [-0.2, -0.15) is 0 Å². The first-order valence-corrected chi connectivity index (χ1v) is 5.20. The van der Waals surface area contributed by atoms with Crippen LogP contribution < -0.4 is 0 Å². The number of hydrogen-bond donors (Lipinski definition) is 1. The summed E-state index contributed by atoms with van der Waals surface area (Å²) in [5.41, 5.74) is 0.846.